The highest BCUT2D eigenvalue weighted by atomic mass is 79.9. The first-order valence-corrected chi connectivity index (χ1v) is 22.4. The van der Waals surface area contributed by atoms with E-state index in [1.54, 1.807) is 32.5 Å². The van der Waals surface area contributed by atoms with Crippen LogP contribution in [-0.2, 0) is 9.53 Å². The summed E-state index contributed by atoms with van der Waals surface area (Å²) >= 11 is 3.20. The second kappa shape index (κ2) is 24.1. The Morgan fingerprint density at radius 1 is 0.536 bits per heavy atom. The van der Waals surface area contributed by atoms with Gasteiger partial charge in [-0.25, -0.2) is 4.98 Å². The predicted molar refractivity (Wildman–Crippen MR) is 272 cm³/mol. The lowest BCUT2D eigenvalue weighted by atomic mass is 10.0. The number of aliphatic hydroxyl groups excluding tert-OH is 1. The molecule has 3 N–H and O–H groups in total. The van der Waals surface area contributed by atoms with Crippen LogP contribution in [0.2, 0.25) is 0 Å². The summed E-state index contributed by atoms with van der Waals surface area (Å²) in [5.74, 6) is 1.92. The van der Waals surface area contributed by atoms with Crippen LogP contribution in [0.1, 0.15) is 38.0 Å². The molecule has 0 aliphatic carbocycles. The Balaban J connectivity index is 0.000000152. The molecule has 0 bridgehead atoms. The molecule has 13 nitrogen and oxygen atoms in total. The van der Waals surface area contributed by atoms with E-state index >= 15 is 0 Å². The van der Waals surface area contributed by atoms with Crippen molar-refractivity contribution in [3.8, 4) is 34.3 Å². The van der Waals surface area contributed by atoms with Gasteiger partial charge in [-0.2, -0.15) is 0 Å². The fraction of sp³-hybridized carbons (Fsp3) is 0.145. The average Bonchev–Trinajstić information content (AvgIpc) is 3.83. The van der Waals surface area contributed by atoms with Crippen molar-refractivity contribution in [2.45, 2.75) is 6.92 Å². The zero-order valence-corrected chi connectivity index (χ0v) is 40.1. The molecule has 0 unspecified atom stereocenters. The third-order valence-electron chi connectivity index (χ3n) is 10.7. The summed E-state index contributed by atoms with van der Waals surface area (Å²) in [5.41, 5.74) is 7.95. The van der Waals surface area contributed by atoms with Crippen LogP contribution in [0.4, 0.5) is 6.01 Å². The third-order valence-corrected chi connectivity index (χ3v) is 11.2. The maximum atomic E-state index is 12.2. The highest BCUT2D eigenvalue weighted by Gasteiger charge is 2.19. The van der Waals surface area contributed by atoms with Gasteiger partial charge in [-0.3, -0.25) is 19.2 Å². The molecule has 0 aliphatic heterocycles. The van der Waals surface area contributed by atoms with E-state index in [-0.39, 0.29) is 30.0 Å². The molecule has 0 radical (unpaired) electrons. The van der Waals surface area contributed by atoms with Crippen molar-refractivity contribution in [3.63, 3.8) is 0 Å². The molecule has 69 heavy (non-hydrogen) atoms. The maximum Gasteiger partial charge on any atom is 0.303 e. The number of ether oxygens (including phenoxy) is 5. The van der Waals surface area contributed by atoms with Gasteiger partial charge >= 0.3 is 5.97 Å². The van der Waals surface area contributed by atoms with E-state index in [1.807, 2.05) is 133 Å². The molecule has 0 saturated carbocycles. The summed E-state index contributed by atoms with van der Waals surface area (Å²) in [7, 11) is 6.23. The largest absolute Gasteiger partial charge is 0.496 e. The summed E-state index contributed by atoms with van der Waals surface area (Å²) in [6.07, 6.45) is 1.61. The topological polar surface area (TPSA) is 187 Å². The molecule has 0 aliphatic rings. The van der Waals surface area contributed by atoms with Crippen molar-refractivity contribution in [1.82, 2.24) is 4.98 Å². The van der Waals surface area contributed by atoms with Crippen LogP contribution in [0.5, 0.6) is 23.0 Å². The predicted octanol–water partition coefficient (Wildman–Crippen LogP) is 11.1. The number of nitrogens with zero attached hydrogens (tertiary/aromatic N) is 1. The zero-order chi connectivity index (χ0) is 49.5. The number of Topliss-reactive ketones (excluding diaryl/α,β-unsaturated/α-hetero) is 3. The van der Waals surface area contributed by atoms with Crippen LogP contribution < -0.4 is 24.7 Å². The minimum atomic E-state index is -0.510. The molecule has 14 heteroatoms. The summed E-state index contributed by atoms with van der Waals surface area (Å²) in [5, 5.41) is 16.9. The summed E-state index contributed by atoms with van der Waals surface area (Å²) in [6.45, 7) is 0.484. The van der Waals surface area contributed by atoms with Crippen molar-refractivity contribution in [2.75, 3.05) is 52.7 Å². The molecule has 1 aromatic heterocycles. The van der Waals surface area contributed by atoms with Crippen LogP contribution in [0.15, 0.2) is 156 Å². The third kappa shape index (κ3) is 11.9. The van der Waals surface area contributed by atoms with Gasteiger partial charge in [0.1, 0.15) is 29.6 Å². The molecule has 0 atom stereocenters. The summed E-state index contributed by atoms with van der Waals surface area (Å²) in [4.78, 5) is 50.5. The van der Waals surface area contributed by atoms with Gasteiger partial charge < -0.3 is 38.9 Å². The highest BCUT2D eigenvalue weighted by molar-refractivity contribution is 9.09. The number of esters is 1. The fourth-order valence-electron chi connectivity index (χ4n) is 7.59. The number of benzene rings is 8. The molecule has 1 heterocycles. The first-order valence-electron chi connectivity index (χ1n) is 21.3. The molecular weight excluding hydrogens is 945 g/mol. The Hall–Kier alpha value is -8.07. The number of anilines is 1. The second-order valence-corrected chi connectivity index (χ2v) is 15.4. The number of fused-ring (bicyclic) bond motifs is 4. The van der Waals surface area contributed by atoms with Crippen molar-refractivity contribution in [2.24, 2.45) is 0 Å². The number of carbonyl (C=O) groups is 4. The number of hydrogen-bond acceptors (Lipinski definition) is 13. The van der Waals surface area contributed by atoms with E-state index in [4.69, 9.17) is 38.9 Å². The van der Waals surface area contributed by atoms with Crippen molar-refractivity contribution in [3.05, 3.63) is 168 Å². The molecule has 9 aromatic rings. The number of nitrogen functional groups attached to an aromatic ring is 1. The lowest BCUT2D eigenvalue weighted by molar-refractivity contribution is -0.139. The van der Waals surface area contributed by atoms with Crippen molar-refractivity contribution in [1.29, 1.82) is 0 Å². The van der Waals surface area contributed by atoms with Crippen LogP contribution in [0.3, 0.4) is 0 Å². The van der Waals surface area contributed by atoms with Gasteiger partial charge in [0, 0.05) is 6.92 Å². The molecule has 0 amide bonds. The number of nitrogens with two attached hydrogens (primary N) is 1. The van der Waals surface area contributed by atoms with E-state index in [9.17, 15) is 19.2 Å². The number of carbonyl (C=O) groups excluding carboxylic acids is 4. The van der Waals surface area contributed by atoms with E-state index in [0.29, 0.717) is 45.0 Å². The Bertz CT molecular complexity index is 3180. The van der Waals surface area contributed by atoms with Crippen molar-refractivity contribution >= 4 is 88.4 Å². The molecule has 0 spiro atoms. The van der Waals surface area contributed by atoms with Gasteiger partial charge in [-0.15, -0.1) is 0 Å². The number of alkyl halides is 1. The fourth-order valence-corrected chi connectivity index (χ4v) is 7.87. The monoisotopic (exact) mass is 992 g/mol. The number of oxazole rings is 1. The number of methoxy groups -OCH3 is 4. The van der Waals surface area contributed by atoms with E-state index in [2.05, 4.69) is 20.9 Å². The second-order valence-electron chi connectivity index (χ2n) is 14.9. The minimum absolute atomic E-state index is 0.0358. The summed E-state index contributed by atoms with van der Waals surface area (Å²) in [6, 6.07) is 46.0. The van der Waals surface area contributed by atoms with Gasteiger partial charge in [0.25, 0.3) is 6.01 Å². The van der Waals surface area contributed by atoms with Gasteiger partial charge in [0.2, 0.25) is 5.78 Å². The molecule has 352 valence electrons. The summed E-state index contributed by atoms with van der Waals surface area (Å²) < 4.78 is 31.2. The number of hydrogen-bond donors (Lipinski definition) is 2. The SMILES string of the molecule is COc1ccc2ccccc2c1-c1cnc(N)o1.COc1ccc2ccccc2c1C(=O)CBr.COc1ccc2ccccc2c1C(=O)CO.COc1ccc2ccccc2c1C(=O)COC(C)=O. The van der Waals surface area contributed by atoms with Crippen LogP contribution in [0, 0.1) is 0 Å². The Kier molecular flexibility index (Phi) is 17.6. The van der Waals surface area contributed by atoms with Crippen LogP contribution >= 0.6 is 15.9 Å². The van der Waals surface area contributed by atoms with Gasteiger partial charge in [-0.1, -0.05) is 137 Å². The van der Waals surface area contributed by atoms with Crippen LogP contribution in [0.25, 0.3) is 54.4 Å². The van der Waals surface area contributed by atoms with E-state index in [0.717, 1.165) is 54.4 Å². The average molecular weight is 994 g/mol. The van der Waals surface area contributed by atoms with Gasteiger partial charge in [-0.05, 0) is 67.4 Å². The van der Waals surface area contributed by atoms with E-state index in [1.165, 1.54) is 21.1 Å². The standard InChI is InChI=1S/C15H14O4.C14H12N2O2.C13H11BrO2.C13H12O3/c1-10(16)19-9-13(17)15-12-6-4-3-5-11(12)7-8-14(15)18-2;1-17-11-7-6-9-4-2-3-5-10(9)13(11)12-8-16-14(15)18-12;2*1-16-12-7-6-9-4-2-3-5-10(9)13(12)11(15)8-14/h3-8H,9H2,1-2H3;2-8H,1H3,(H2,15,16);2-7H,8H2,1H3;2-7,14H,8H2,1H3. The van der Waals surface area contributed by atoms with Gasteiger partial charge in [0.05, 0.1) is 62.2 Å². The first kappa shape index (κ1) is 50.3. The van der Waals surface area contributed by atoms with Crippen LogP contribution in [-0.4, -0.2) is 80.4 Å². The maximum absolute atomic E-state index is 12.2. The van der Waals surface area contributed by atoms with Crippen molar-refractivity contribution < 1.29 is 52.4 Å². The minimum Gasteiger partial charge on any atom is -0.496 e. The quantitative estimate of drug-likeness (QED) is 0.0669. The lowest BCUT2D eigenvalue weighted by Gasteiger charge is -2.11. The molecular formula is C55H49BrN2O11. The Morgan fingerprint density at radius 2 is 0.913 bits per heavy atom. The molecule has 8 aromatic carbocycles. The number of ketones is 3. The first-order chi connectivity index (χ1) is 33.5. The normalized spacial score (nSPS) is 10.4. The molecule has 0 fully saturated rings. The van der Waals surface area contributed by atoms with E-state index < -0.39 is 12.6 Å². The smallest absolute Gasteiger partial charge is 0.303 e. The lowest BCUT2D eigenvalue weighted by Crippen LogP contribution is -2.13. The number of halogens is 1. The molecule has 9 rings (SSSR count). The number of aromatic nitrogens is 1. The molecule has 0 saturated heterocycles. The van der Waals surface area contributed by atoms with Gasteiger partial charge in [0.15, 0.2) is 23.9 Å². The Morgan fingerprint density at radius 3 is 1.29 bits per heavy atom. The highest BCUT2D eigenvalue weighted by Crippen LogP contribution is 2.38. The number of rotatable bonds is 12. The Labute approximate surface area is 406 Å². The number of aliphatic hydroxyl groups is 1. The zero-order valence-electron chi connectivity index (χ0n) is 38.5.